The van der Waals surface area contributed by atoms with Crippen LogP contribution in [0.3, 0.4) is 0 Å². The Labute approximate surface area is 300 Å². The Bertz CT molecular complexity index is 2670. The van der Waals surface area contributed by atoms with Crippen LogP contribution in [0.4, 0.5) is 0 Å². The molecular weight excluding hydrogens is 641 g/mol. The van der Waals surface area contributed by atoms with E-state index in [2.05, 4.69) is 114 Å². The van der Waals surface area contributed by atoms with E-state index >= 15 is 0 Å². The van der Waals surface area contributed by atoms with E-state index in [1.807, 2.05) is 42.5 Å². The summed E-state index contributed by atoms with van der Waals surface area (Å²) in [5.74, 6) is -0.870. The molecule has 2 aliphatic rings. The minimum absolute atomic E-state index is 0.0858. The minimum atomic E-state index is -0.956. The molecule has 250 valence electrons. The number of H-pyrrole nitrogens is 2. The van der Waals surface area contributed by atoms with Crippen molar-refractivity contribution in [2.24, 2.45) is 0 Å². The van der Waals surface area contributed by atoms with Gasteiger partial charge in [-0.05, 0) is 77.2 Å². The Morgan fingerprint density at radius 1 is 0.538 bits per heavy atom. The molecule has 0 spiro atoms. The Balaban J connectivity index is 1.47. The van der Waals surface area contributed by atoms with Crippen LogP contribution in [0.15, 0.2) is 140 Å². The normalized spacial score (nSPS) is 13.7. The summed E-state index contributed by atoms with van der Waals surface area (Å²) in [5.41, 5.74) is 15.8. The second-order valence-corrected chi connectivity index (χ2v) is 13.3. The number of nitrogens with zero attached hydrogens (tertiary/aromatic N) is 2. The van der Waals surface area contributed by atoms with Gasteiger partial charge in [-0.15, -0.1) is 0 Å². The molecule has 0 radical (unpaired) electrons. The van der Waals surface area contributed by atoms with Gasteiger partial charge in [-0.2, -0.15) is 0 Å². The highest BCUT2D eigenvalue weighted by Gasteiger charge is 2.25. The van der Waals surface area contributed by atoms with Gasteiger partial charge in [-0.25, -0.2) is 9.78 Å². The second kappa shape index (κ2) is 12.8. The molecule has 0 amide bonds. The Morgan fingerprint density at radius 3 is 1.44 bits per heavy atom. The lowest BCUT2D eigenvalue weighted by atomic mass is 9.94. The molecule has 3 N–H and O–H groups in total. The Kier molecular flexibility index (Phi) is 7.70. The van der Waals surface area contributed by atoms with Gasteiger partial charge in [0.1, 0.15) is 0 Å². The smallest absolute Gasteiger partial charge is 0.335 e. The van der Waals surface area contributed by atoms with Gasteiger partial charge < -0.3 is 15.1 Å². The molecule has 4 aromatic carbocycles. The van der Waals surface area contributed by atoms with Gasteiger partial charge in [0.2, 0.25) is 0 Å². The van der Waals surface area contributed by atoms with Crippen molar-refractivity contribution in [3.8, 4) is 44.5 Å². The third kappa shape index (κ3) is 5.51. The average molecular weight is 675 g/mol. The maximum atomic E-state index is 11.8. The molecule has 6 heteroatoms. The molecule has 5 heterocycles. The van der Waals surface area contributed by atoms with E-state index in [9.17, 15) is 9.90 Å². The van der Waals surface area contributed by atoms with E-state index in [0.29, 0.717) is 0 Å². The molecule has 8 bridgehead atoms. The molecule has 3 aromatic heterocycles. The number of hydrogen-bond donors (Lipinski definition) is 3. The fourth-order valence-electron chi connectivity index (χ4n) is 7.56. The number of nitrogens with one attached hydrogen (secondary N) is 2. The van der Waals surface area contributed by atoms with Gasteiger partial charge in [0.25, 0.3) is 0 Å². The highest BCUT2D eigenvalue weighted by Crippen LogP contribution is 2.41. The monoisotopic (exact) mass is 674 g/mol. The zero-order valence-electron chi connectivity index (χ0n) is 28.5. The summed E-state index contributed by atoms with van der Waals surface area (Å²) in [6, 6.07) is 46.8. The van der Waals surface area contributed by atoms with Crippen LogP contribution in [0, 0.1) is 0 Å². The van der Waals surface area contributed by atoms with Gasteiger partial charge in [-0.1, -0.05) is 110 Å². The molecule has 0 saturated carbocycles. The SMILES string of the molecule is CC1Cc2nc1c(-c1ccc(C(=O)O)cc1)c1ccc([nH]1)c(-c1ccccc1)c1nc(c(-c3ccccc3)c3ccc([nH]3)c2-c2ccccc2)C=C1. The number of rotatable bonds is 5. The van der Waals surface area contributed by atoms with Crippen molar-refractivity contribution in [2.45, 2.75) is 19.3 Å². The van der Waals surface area contributed by atoms with Crippen LogP contribution in [-0.2, 0) is 6.42 Å². The molecule has 52 heavy (non-hydrogen) atoms. The Hall–Kier alpha value is -6.79. The summed E-state index contributed by atoms with van der Waals surface area (Å²) in [4.78, 5) is 30.2. The third-order valence-electron chi connectivity index (χ3n) is 9.98. The first kappa shape index (κ1) is 31.2. The topological polar surface area (TPSA) is 94.7 Å². The highest BCUT2D eigenvalue weighted by molar-refractivity contribution is 5.97. The van der Waals surface area contributed by atoms with Crippen LogP contribution in [0.1, 0.15) is 46.0 Å². The second-order valence-electron chi connectivity index (χ2n) is 13.3. The number of carboxylic acid groups (broad SMARTS) is 1. The van der Waals surface area contributed by atoms with E-state index in [-0.39, 0.29) is 11.5 Å². The summed E-state index contributed by atoms with van der Waals surface area (Å²) in [6.07, 6.45) is 4.95. The molecule has 0 fully saturated rings. The number of carboxylic acids is 1. The first-order valence-corrected chi connectivity index (χ1v) is 17.5. The van der Waals surface area contributed by atoms with Crippen LogP contribution in [0.25, 0.3) is 78.7 Å². The molecule has 7 aromatic rings. The summed E-state index contributed by atoms with van der Waals surface area (Å²) >= 11 is 0. The number of carbonyl (C=O) groups is 1. The minimum Gasteiger partial charge on any atom is -0.478 e. The van der Waals surface area contributed by atoms with Crippen LogP contribution in [0.5, 0.6) is 0 Å². The van der Waals surface area contributed by atoms with Crippen molar-refractivity contribution in [1.29, 1.82) is 0 Å². The van der Waals surface area contributed by atoms with E-state index in [4.69, 9.17) is 9.97 Å². The Morgan fingerprint density at radius 2 is 0.962 bits per heavy atom. The summed E-state index contributed by atoms with van der Waals surface area (Å²) < 4.78 is 0. The number of hydrogen-bond acceptors (Lipinski definition) is 3. The summed E-state index contributed by atoms with van der Waals surface area (Å²) in [6.45, 7) is 2.22. The third-order valence-corrected chi connectivity index (χ3v) is 9.98. The predicted molar refractivity (Wildman–Crippen MR) is 211 cm³/mol. The van der Waals surface area contributed by atoms with Crippen molar-refractivity contribution < 1.29 is 9.90 Å². The maximum absolute atomic E-state index is 11.8. The van der Waals surface area contributed by atoms with Crippen LogP contribution in [0.2, 0.25) is 0 Å². The zero-order chi connectivity index (χ0) is 35.2. The molecule has 6 nitrogen and oxygen atoms in total. The molecular formula is C46H34N4O2. The lowest BCUT2D eigenvalue weighted by Gasteiger charge is -2.09. The molecule has 9 rings (SSSR count). The lowest BCUT2D eigenvalue weighted by molar-refractivity contribution is 0.0697. The van der Waals surface area contributed by atoms with Gasteiger partial charge in [0.15, 0.2) is 0 Å². The van der Waals surface area contributed by atoms with Crippen LogP contribution < -0.4 is 0 Å². The van der Waals surface area contributed by atoms with E-state index in [1.54, 1.807) is 12.1 Å². The molecule has 0 saturated heterocycles. The van der Waals surface area contributed by atoms with Gasteiger partial charge in [-0.3, -0.25) is 4.98 Å². The number of benzene rings is 4. The van der Waals surface area contributed by atoms with Crippen molar-refractivity contribution in [1.82, 2.24) is 19.9 Å². The summed E-state index contributed by atoms with van der Waals surface area (Å²) in [7, 11) is 0. The van der Waals surface area contributed by atoms with E-state index < -0.39 is 5.97 Å². The average Bonchev–Trinajstić information content (AvgIpc) is 4.01. The number of aromatic carboxylic acids is 1. The molecule has 1 unspecified atom stereocenters. The van der Waals surface area contributed by atoms with E-state index in [0.717, 1.165) is 95.8 Å². The molecule has 2 aliphatic heterocycles. The number of aromatic nitrogens is 4. The molecule has 0 aliphatic carbocycles. The van der Waals surface area contributed by atoms with Crippen LogP contribution >= 0.6 is 0 Å². The predicted octanol–water partition coefficient (Wildman–Crippen LogP) is 11.2. The first-order chi connectivity index (χ1) is 25.5. The molecule has 1 atom stereocenters. The number of aromatic amines is 2. The van der Waals surface area contributed by atoms with Gasteiger partial charge in [0.05, 0.1) is 28.3 Å². The van der Waals surface area contributed by atoms with Crippen molar-refractivity contribution in [2.75, 3.05) is 0 Å². The maximum Gasteiger partial charge on any atom is 0.335 e. The standard InChI is InChI=1S/C46H34N4O2/c1-28-27-40-43(31-15-9-4-10-16-31)38-24-23-36(48-38)41(29-11-5-2-6-12-29)34-21-22-35(47-34)42(30-13-7-3-8-14-30)37-25-26-39(49-37)44(45(28)50-40)32-17-19-33(20-18-32)46(51)52/h2-26,28,48-49H,27H2,1H3,(H,51,52). The van der Waals surface area contributed by atoms with E-state index in [1.165, 1.54) is 0 Å². The van der Waals surface area contributed by atoms with Gasteiger partial charge in [0, 0.05) is 50.2 Å². The van der Waals surface area contributed by atoms with Crippen molar-refractivity contribution >= 4 is 40.2 Å². The fourth-order valence-corrected chi connectivity index (χ4v) is 7.56. The van der Waals surface area contributed by atoms with Crippen molar-refractivity contribution in [3.05, 3.63) is 168 Å². The quantitative estimate of drug-likeness (QED) is 0.169. The fraction of sp³-hybridized carbons (Fsp3) is 0.0652. The highest BCUT2D eigenvalue weighted by atomic mass is 16.4. The van der Waals surface area contributed by atoms with Crippen molar-refractivity contribution in [3.63, 3.8) is 0 Å². The number of fused-ring (bicyclic) bond motifs is 8. The van der Waals surface area contributed by atoms with Crippen LogP contribution in [-0.4, -0.2) is 31.0 Å². The lowest BCUT2D eigenvalue weighted by Crippen LogP contribution is -1.97. The first-order valence-electron chi connectivity index (χ1n) is 17.5. The zero-order valence-corrected chi connectivity index (χ0v) is 28.5. The summed E-state index contributed by atoms with van der Waals surface area (Å²) in [5, 5.41) is 9.69. The van der Waals surface area contributed by atoms with Gasteiger partial charge >= 0.3 is 5.97 Å². The largest absolute Gasteiger partial charge is 0.478 e.